The first-order valence-electron chi connectivity index (χ1n) is 6.80. The first-order valence-corrected chi connectivity index (χ1v) is 10.5. The second-order valence-corrected chi connectivity index (χ2v) is 11.7. The Labute approximate surface area is 117 Å². The lowest BCUT2D eigenvalue weighted by molar-refractivity contribution is 0.105. The maximum atomic E-state index is 11.8. The normalized spacial score (nSPS) is 11.2. The molecule has 0 aliphatic heterocycles. The molecular formula is C15H25NO2Si. The Morgan fingerprint density at radius 3 is 2.42 bits per heavy atom. The zero-order chi connectivity index (χ0) is 14.3. The minimum absolute atomic E-state index is 0.237. The van der Waals surface area contributed by atoms with Crippen LogP contribution in [0.15, 0.2) is 30.3 Å². The van der Waals surface area contributed by atoms with Gasteiger partial charge in [0.2, 0.25) is 0 Å². The number of amides is 1. The molecule has 0 saturated carbocycles. The van der Waals surface area contributed by atoms with Crippen LogP contribution in [-0.4, -0.2) is 32.7 Å². The number of carbonyl (C=O) groups excluding carboxylic acids is 1. The zero-order valence-electron chi connectivity index (χ0n) is 12.5. The fourth-order valence-electron chi connectivity index (χ4n) is 1.77. The Kier molecular flexibility index (Phi) is 6.08. The van der Waals surface area contributed by atoms with Gasteiger partial charge in [0, 0.05) is 21.7 Å². The summed E-state index contributed by atoms with van der Waals surface area (Å²) >= 11 is 0. The van der Waals surface area contributed by atoms with Crippen molar-refractivity contribution in [1.82, 2.24) is 4.90 Å². The van der Waals surface area contributed by atoms with Crippen LogP contribution < -0.4 is 0 Å². The second kappa shape index (κ2) is 7.33. The molecule has 0 bridgehead atoms. The van der Waals surface area contributed by atoms with Crippen LogP contribution in [0, 0.1) is 0 Å². The van der Waals surface area contributed by atoms with Crippen LogP contribution in [0.5, 0.6) is 0 Å². The van der Waals surface area contributed by atoms with Gasteiger partial charge in [0.1, 0.15) is 6.61 Å². The minimum atomic E-state index is -1.01. The van der Waals surface area contributed by atoms with Gasteiger partial charge in [-0.1, -0.05) is 56.0 Å². The molecule has 0 heterocycles. The number of rotatable bonds is 6. The van der Waals surface area contributed by atoms with Crippen molar-refractivity contribution in [2.45, 2.75) is 38.7 Å². The van der Waals surface area contributed by atoms with E-state index in [0.717, 1.165) is 18.5 Å². The maximum Gasteiger partial charge on any atom is 0.409 e. The highest BCUT2D eigenvalue weighted by atomic mass is 28.3. The summed E-state index contributed by atoms with van der Waals surface area (Å²) in [6, 6.07) is 11.0. The Morgan fingerprint density at radius 2 is 1.84 bits per heavy atom. The summed E-state index contributed by atoms with van der Waals surface area (Å²) in [5.74, 6) is 0. The van der Waals surface area contributed by atoms with Crippen LogP contribution in [0.25, 0.3) is 0 Å². The van der Waals surface area contributed by atoms with Crippen LogP contribution in [-0.2, 0) is 11.3 Å². The van der Waals surface area contributed by atoms with Gasteiger partial charge in [0.05, 0.1) is 0 Å². The van der Waals surface area contributed by atoms with Gasteiger partial charge in [-0.2, -0.15) is 0 Å². The van der Waals surface area contributed by atoms with Crippen molar-refractivity contribution < 1.29 is 9.53 Å². The van der Waals surface area contributed by atoms with Crippen molar-refractivity contribution in [2.24, 2.45) is 0 Å². The highest BCUT2D eigenvalue weighted by Crippen LogP contribution is 2.11. The molecule has 3 nitrogen and oxygen atoms in total. The molecule has 19 heavy (non-hydrogen) atoms. The van der Waals surface area contributed by atoms with Crippen LogP contribution >= 0.6 is 0 Å². The molecule has 0 spiro atoms. The molecule has 0 fully saturated rings. The molecular weight excluding hydrogens is 254 g/mol. The van der Waals surface area contributed by atoms with Gasteiger partial charge in [0.15, 0.2) is 0 Å². The van der Waals surface area contributed by atoms with E-state index in [1.165, 1.54) is 6.04 Å². The molecule has 0 aromatic heterocycles. The van der Waals surface area contributed by atoms with E-state index in [0.29, 0.717) is 6.61 Å². The molecule has 4 heteroatoms. The molecule has 0 aliphatic carbocycles. The third kappa shape index (κ3) is 7.01. The number of carbonyl (C=O) groups is 1. The number of ether oxygens (including phenoxy) is 1. The summed E-state index contributed by atoms with van der Waals surface area (Å²) in [6.45, 7) is 8.16. The largest absolute Gasteiger partial charge is 0.445 e. The van der Waals surface area contributed by atoms with E-state index in [2.05, 4.69) is 19.6 Å². The lowest BCUT2D eigenvalue weighted by atomic mass is 10.2. The number of hydrogen-bond acceptors (Lipinski definition) is 2. The standard InChI is InChI=1S/C15H25NO2Si/c1-16(11-8-12-19(2,3)4)15(17)18-13-14-9-6-5-7-10-14/h5-7,9-10H,8,11-13H2,1-4H3. The van der Waals surface area contributed by atoms with Crippen molar-refractivity contribution in [1.29, 1.82) is 0 Å². The summed E-state index contributed by atoms with van der Waals surface area (Å²) in [5, 5.41) is 0. The molecule has 1 aromatic carbocycles. The Hall–Kier alpha value is -1.29. The number of nitrogens with zero attached hydrogens (tertiary/aromatic N) is 1. The van der Waals surface area contributed by atoms with Crippen LogP contribution in [0.3, 0.4) is 0 Å². The summed E-state index contributed by atoms with van der Waals surface area (Å²) < 4.78 is 5.27. The fraction of sp³-hybridized carbons (Fsp3) is 0.533. The molecule has 0 unspecified atom stereocenters. The predicted octanol–water partition coefficient (Wildman–Crippen LogP) is 3.98. The third-order valence-electron chi connectivity index (χ3n) is 2.94. The Balaban J connectivity index is 2.25. The lowest BCUT2D eigenvalue weighted by Crippen LogP contribution is -2.30. The summed E-state index contributed by atoms with van der Waals surface area (Å²) in [6.07, 6.45) is 0.826. The molecule has 0 saturated heterocycles. The predicted molar refractivity (Wildman–Crippen MR) is 82.0 cm³/mol. The molecule has 106 valence electrons. The maximum absolute atomic E-state index is 11.8. The Morgan fingerprint density at radius 1 is 1.21 bits per heavy atom. The average Bonchev–Trinajstić information content (AvgIpc) is 2.35. The molecule has 1 aromatic rings. The molecule has 0 N–H and O–H groups in total. The van der Waals surface area contributed by atoms with Gasteiger partial charge in [-0.15, -0.1) is 0 Å². The Bertz CT molecular complexity index is 387. The number of hydrogen-bond donors (Lipinski definition) is 0. The van der Waals surface area contributed by atoms with Crippen molar-refractivity contribution in [3.8, 4) is 0 Å². The highest BCUT2D eigenvalue weighted by Gasteiger charge is 2.15. The van der Waals surface area contributed by atoms with Crippen molar-refractivity contribution in [3.63, 3.8) is 0 Å². The van der Waals surface area contributed by atoms with Gasteiger partial charge in [-0.3, -0.25) is 0 Å². The topological polar surface area (TPSA) is 29.5 Å². The van der Waals surface area contributed by atoms with Gasteiger partial charge in [-0.25, -0.2) is 4.79 Å². The number of benzene rings is 1. The van der Waals surface area contributed by atoms with E-state index in [-0.39, 0.29) is 6.09 Å². The van der Waals surface area contributed by atoms with Gasteiger partial charge in [-0.05, 0) is 12.0 Å². The monoisotopic (exact) mass is 279 g/mol. The quantitative estimate of drug-likeness (QED) is 0.737. The molecule has 1 rings (SSSR count). The van der Waals surface area contributed by atoms with E-state index >= 15 is 0 Å². The zero-order valence-corrected chi connectivity index (χ0v) is 13.5. The third-order valence-corrected chi connectivity index (χ3v) is 4.79. The summed E-state index contributed by atoms with van der Waals surface area (Å²) in [5.41, 5.74) is 1.02. The van der Waals surface area contributed by atoms with E-state index in [1.54, 1.807) is 11.9 Å². The second-order valence-electron chi connectivity index (χ2n) is 6.13. The smallest absolute Gasteiger partial charge is 0.409 e. The van der Waals surface area contributed by atoms with E-state index in [4.69, 9.17) is 4.74 Å². The van der Waals surface area contributed by atoms with Crippen LogP contribution in [0.1, 0.15) is 12.0 Å². The van der Waals surface area contributed by atoms with E-state index < -0.39 is 8.07 Å². The van der Waals surface area contributed by atoms with Crippen LogP contribution in [0.2, 0.25) is 25.7 Å². The van der Waals surface area contributed by atoms with Gasteiger partial charge in [0.25, 0.3) is 0 Å². The van der Waals surface area contributed by atoms with E-state index in [1.807, 2.05) is 30.3 Å². The lowest BCUT2D eigenvalue weighted by Gasteiger charge is -2.20. The van der Waals surface area contributed by atoms with Crippen LogP contribution in [0.4, 0.5) is 4.79 Å². The molecule has 0 atom stereocenters. The fourth-order valence-corrected chi connectivity index (χ4v) is 2.99. The first kappa shape index (κ1) is 15.8. The van der Waals surface area contributed by atoms with Crippen molar-refractivity contribution in [2.75, 3.05) is 13.6 Å². The summed E-state index contributed by atoms with van der Waals surface area (Å²) in [7, 11) is 0.794. The summed E-state index contributed by atoms with van der Waals surface area (Å²) in [4.78, 5) is 13.5. The first-order chi connectivity index (χ1) is 8.88. The van der Waals surface area contributed by atoms with Gasteiger partial charge < -0.3 is 9.64 Å². The minimum Gasteiger partial charge on any atom is -0.445 e. The highest BCUT2D eigenvalue weighted by molar-refractivity contribution is 6.76. The average molecular weight is 279 g/mol. The molecule has 0 radical (unpaired) electrons. The van der Waals surface area contributed by atoms with E-state index in [9.17, 15) is 4.79 Å². The SMILES string of the molecule is CN(CCC[Si](C)(C)C)C(=O)OCc1ccccc1. The van der Waals surface area contributed by atoms with Gasteiger partial charge >= 0.3 is 6.09 Å². The molecule has 0 aliphatic rings. The molecule has 1 amide bonds. The van der Waals surface area contributed by atoms with Crippen molar-refractivity contribution in [3.05, 3.63) is 35.9 Å². The van der Waals surface area contributed by atoms with Crippen molar-refractivity contribution >= 4 is 14.2 Å².